The lowest BCUT2D eigenvalue weighted by Crippen LogP contribution is -2.10. The monoisotopic (exact) mass is 219 g/mol. The zero-order valence-electron chi connectivity index (χ0n) is 8.97. The van der Waals surface area contributed by atoms with Gasteiger partial charge in [0.2, 0.25) is 11.7 Å². The number of hydrogen-bond donors (Lipinski definition) is 2. The molecule has 16 heavy (non-hydrogen) atoms. The van der Waals surface area contributed by atoms with Crippen molar-refractivity contribution in [1.82, 2.24) is 15.5 Å². The van der Waals surface area contributed by atoms with Crippen molar-refractivity contribution >= 4 is 0 Å². The first kappa shape index (κ1) is 10.6. The predicted molar refractivity (Wildman–Crippen MR) is 59.0 cm³/mol. The number of phenolic OH excluding ortho intramolecular Hbond substituents is 1. The third kappa shape index (κ3) is 2.38. The highest BCUT2D eigenvalue weighted by atomic mass is 16.5. The molecule has 2 aromatic rings. The second-order valence-electron chi connectivity index (χ2n) is 3.42. The number of benzene rings is 1. The van der Waals surface area contributed by atoms with Crippen LogP contribution >= 0.6 is 0 Å². The van der Waals surface area contributed by atoms with Crippen molar-refractivity contribution in [3.63, 3.8) is 0 Å². The quantitative estimate of drug-likeness (QED) is 0.808. The fourth-order valence-corrected chi connectivity index (χ4v) is 1.35. The molecule has 0 bridgehead atoms. The summed E-state index contributed by atoms with van der Waals surface area (Å²) in [5, 5.41) is 16.2. The molecular formula is C11H13N3O2. The highest BCUT2D eigenvalue weighted by Gasteiger charge is 2.08. The second-order valence-corrected chi connectivity index (χ2v) is 3.42. The molecule has 1 aromatic carbocycles. The smallest absolute Gasteiger partial charge is 0.228 e. The largest absolute Gasteiger partial charge is 0.508 e. The molecule has 5 nitrogen and oxygen atoms in total. The molecule has 0 aliphatic heterocycles. The van der Waals surface area contributed by atoms with Crippen LogP contribution in [0.2, 0.25) is 0 Å². The van der Waals surface area contributed by atoms with Gasteiger partial charge in [0, 0.05) is 18.5 Å². The van der Waals surface area contributed by atoms with Crippen molar-refractivity contribution in [2.24, 2.45) is 0 Å². The van der Waals surface area contributed by atoms with Gasteiger partial charge in [-0.05, 0) is 19.2 Å². The predicted octanol–water partition coefficient (Wildman–Crippen LogP) is 1.20. The average molecular weight is 219 g/mol. The van der Waals surface area contributed by atoms with Gasteiger partial charge in [0.25, 0.3) is 0 Å². The minimum atomic E-state index is 0.194. The number of likely N-dealkylation sites (N-methyl/N-ethyl adjacent to an activating group) is 1. The molecule has 84 valence electrons. The van der Waals surface area contributed by atoms with Gasteiger partial charge < -0.3 is 14.9 Å². The Bertz CT molecular complexity index is 468. The van der Waals surface area contributed by atoms with E-state index >= 15 is 0 Å². The average Bonchev–Trinajstić information content (AvgIpc) is 2.75. The van der Waals surface area contributed by atoms with E-state index in [1.807, 2.05) is 13.1 Å². The summed E-state index contributed by atoms with van der Waals surface area (Å²) in [7, 11) is 1.87. The van der Waals surface area contributed by atoms with Gasteiger partial charge in [0.1, 0.15) is 5.75 Å². The van der Waals surface area contributed by atoms with Crippen LogP contribution in [0, 0.1) is 0 Å². The van der Waals surface area contributed by atoms with Crippen molar-refractivity contribution in [3.8, 4) is 17.1 Å². The van der Waals surface area contributed by atoms with Crippen LogP contribution in [-0.2, 0) is 6.42 Å². The van der Waals surface area contributed by atoms with Gasteiger partial charge in [-0.2, -0.15) is 4.98 Å². The zero-order valence-corrected chi connectivity index (χ0v) is 8.97. The van der Waals surface area contributed by atoms with Gasteiger partial charge in [0.05, 0.1) is 0 Å². The Balaban J connectivity index is 2.18. The summed E-state index contributed by atoms with van der Waals surface area (Å²) < 4.78 is 5.08. The van der Waals surface area contributed by atoms with Crippen LogP contribution in [0.4, 0.5) is 0 Å². The summed E-state index contributed by atoms with van der Waals surface area (Å²) >= 11 is 0. The summed E-state index contributed by atoms with van der Waals surface area (Å²) in [5.74, 6) is 1.29. The Hall–Kier alpha value is -1.88. The molecule has 0 spiro atoms. The molecular weight excluding hydrogens is 206 g/mol. The lowest BCUT2D eigenvalue weighted by Gasteiger charge is -1.94. The second kappa shape index (κ2) is 4.76. The van der Waals surface area contributed by atoms with E-state index in [0.717, 1.165) is 12.1 Å². The molecule has 1 aromatic heterocycles. The molecule has 0 aliphatic carbocycles. The van der Waals surface area contributed by atoms with Gasteiger partial charge in [-0.15, -0.1) is 0 Å². The summed E-state index contributed by atoms with van der Waals surface area (Å²) in [6, 6.07) is 6.78. The van der Waals surface area contributed by atoms with Crippen molar-refractivity contribution in [2.75, 3.05) is 13.6 Å². The van der Waals surface area contributed by atoms with Crippen LogP contribution in [-0.4, -0.2) is 28.8 Å². The topological polar surface area (TPSA) is 71.2 Å². The maximum absolute atomic E-state index is 9.33. The molecule has 2 rings (SSSR count). The normalized spacial score (nSPS) is 10.6. The fraction of sp³-hybridized carbons (Fsp3) is 0.273. The Kier molecular flexibility index (Phi) is 3.16. The van der Waals surface area contributed by atoms with Crippen LogP contribution in [0.15, 0.2) is 28.8 Å². The molecule has 0 saturated heterocycles. The maximum Gasteiger partial charge on any atom is 0.228 e. The van der Waals surface area contributed by atoms with Crippen LogP contribution in [0.3, 0.4) is 0 Å². The number of phenols is 1. The molecule has 0 fully saturated rings. The summed E-state index contributed by atoms with van der Waals surface area (Å²) in [6.45, 7) is 0.793. The molecule has 0 saturated carbocycles. The lowest BCUT2D eigenvalue weighted by molar-refractivity contribution is 0.377. The molecule has 0 amide bonds. The third-order valence-electron chi connectivity index (χ3n) is 2.16. The van der Waals surface area contributed by atoms with Crippen LogP contribution in [0.1, 0.15) is 5.89 Å². The van der Waals surface area contributed by atoms with E-state index in [4.69, 9.17) is 4.52 Å². The van der Waals surface area contributed by atoms with Gasteiger partial charge in [-0.3, -0.25) is 0 Å². The number of hydrogen-bond acceptors (Lipinski definition) is 5. The van der Waals surface area contributed by atoms with Gasteiger partial charge in [-0.1, -0.05) is 17.3 Å². The summed E-state index contributed by atoms with van der Waals surface area (Å²) in [5.41, 5.74) is 0.749. The van der Waals surface area contributed by atoms with Gasteiger partial charge >= 0.3 is 0 Å². The Labute approximate surface area is 93.1 Å². The highest BCUT2D eigenvalue weighted by Crippen LogP contribution is 2.20. The lowest BCUT2D eigenvalue weighted by atomic mass is 10.2. The van der Waals surface area contributed by atoms with Crippen LogP contribution < -0.4 is 5.32 Å². The molecule has 0 radical (unpaired) electrons. The molecule has 2 N–H and O–H groups in total. The number of nitrogens with one attached hydrogen (secondary N) is 1. The molecule has 0 unspecified atom stereocenters. The molecule has 1 heterocycles. The fourth-order valence-electron chi connectivity index (χ4n) is 1.35. The van der Waals surface area contributed by atoms with E-state index in [2.05, 4.69) is 15.5 Å². The number of aromatic hydroxyl groups is 1. The Morgan fingerprint density at radius 3 is 3.06 bits per heavy atom. The SMILES string of the molecule is CNCCc1nc(-c2cccc(O)c2)no1. The van der Waals surface area contributed by atoms with Gasteiger partial charge in [-0.25, -0.2) is 0 Å². The van der Waals surface area contributed by atoms with Crippen LogP contribution in [0.5, 0.6) is 5.75 Å². The third-order valence-corrected chi connectivity index (χ3v) is 2.16. The number of aromatic nitrogens is 2. The Morgan fingerprint density at radius 1 is 1.44 bits per heavy atom. The van der Waals surface area contributed by atoms with E-state index in [0.29, 0.717) is 18.1 Å². The number of rotatable bonds is 4. The highest BCUT2D eigenvalue weighted by molar-refractivity contribution is 5.56. The Morgan fingerprint density at radius 2 is 2.31 bits per heavy atom. The summed E-state index contributed by atoms with van der Waals surface area (Å²) in [6.07, 6.45) is 0.697. The standard InChI is InChI=1S/C11H13N3O2/c1-12-6-5-10-13-11(14-16-10)8-3-2-4-9(15)7-8/h2-4,7,12,15H,5-6H2,1H3. The van der Waals surface area contributed by atoms with E-state index in [-0.39, 0.29) is 5.75 Å². The summed E-state index contributed by atoms with van der Waals surface area (Å²) in [4.78, 5) is 4.23. The van der Waals surface area contributed by atoms with Crippen molar-refractivity contribution in [1.29, 1.82) is 0 Å². The minimum absolute atomic E-state index is 0.194. The van der Waals surface area contributed by atoms with E-state index < -0.39 is 0 Å². The van der Waals surface area contributed by atoms with Crippen molar-refractivity contribution in [2.45, 2.75) is 6.42 Å². The van der Waals surface area contributed by atoms with Crippen molar-refractivity contribution in [3.05, 3.63) is 30.2 Å². The first-order valence-corrected chi connectivity index (χ1v) is 5.06. The zero-order chi connectivity index (χ0) is 11.4. The first-order chi connectivity index (χ1) is 7.79. The van der Waals surface area contributed by atoms with E-state index in [1.165, 1.54) is 0 Å². The molecule has 0 atom stereocenters. The van der Waals surface area contributed by atoms with E-state index in [1.54, 1.807) is 18.2 Å². The molecule has 5 heteroatoms. The van der Waals surface area contributed by atoms with Crippen LogP contribution in [0.25, 0.3) is 11.4 Å². The number of nitrogens with zero attached hydrogens (tertiary/aromatic N) is 2. The maximum atomic E-state index is 9.33. The minimum Gasteiger partial charge on any atom is -0.508 e. The molecule has 0 aliphatic rings. The van der Waals surface area contributed by atoms with E-state index in [9.17, 15) is 5.11 Å². The van der Waals surface area contributed by atoms with Gasteiger partial charge in [0.15, 0.2) is 0 Å². The van der Waals surface area contributed by atoms with Crippen molar-refractivity contribution < 1.29 is 9.63 Å². The first-order valence-electron chi connectivity index (χ1n) is 5.06.